The summed E-state index contributed by atoms with van der Waals surface area (Å²) >= 11 is 0. The number of nitrogens with zero attached hydrogens (tertiary/aromatic N) is 2. The molecule has 1 unspecified atom stereocenters. The smallest absolute Gasteiger partial charge is 0.352 e. The minimum Gasteiger partial charge on any atom is -0.504 e. The van der Waals surface area contributed by atoms with Gasteiger partial charge in [-0.3, -0.25) is 9.59 Å². The van der Waals surface area contributed by atoms with Crippen molar-refractivity contribution in [3.63, 3.8) is 0 Å². The highest BCUT2D eigenvalue weighted by Gasteiger charge is 2.59. The van der Waals surface area contributed by atoms with Crippen LogP contribution in [0.2, 0.25) is 0 Å². The molecule has 1 saturated heterocycles. The van der Waals surface area contributed by atoms with Crippen molar-refractivity contribution in [2.75, 3.05) is 26.7 Å². The van der Waals surface area contributed by atoms with Crippen molar-refractivity contribution in [2.45, 2.75) is 26.0 Å². The zero-order valence-electron chi connectivity index (χ0n) is 17.9. The zero-order valence-corrected chi connectivity index (χ0v) is 17.9. The number of fused-ring (bicyclic) bond motifs is 1. The maximum Gasteiger partial charge on any atom is 0.352 e. The number of phenolic OH excluding ortho intramolecular Hbond substituents is 2. The number of hydrogen-bond donors (Lipinski definition) is 5. The molecule has 0 spiro atoms. The Labute approximate surface area is 183 Å². The molecule has 2 amide bonds. The summed E-state index contributed by atoms with van der Waals surface area (Å²) in [5, 5.41) is 40.8. The lowest BCUT2D eigenvalue weighted by atomic mass is 9.77. The molecule has 1 fully saturated rings. The highest BCUT2D eigenvalue weighted by Crippen LogP contribution is 2.47. The van der Waals surface area contributed by atoms with Gasteiger partial charge in [-0.25, -0.2) is 9.18 Å². The van der Waals surface area contributed by atoms with Gasteiger partial charge in [-0.2, -0.15) is 0 Å². The number of carbonyl (C=O) groups is 3. The zero-order chi connectivity index (χ0) is 23.9. The third-order valence-electron chi connectivity index (χ3n) is 6.04. The summed E-state index contributed by atoms with van der Waals surface area (Å²) in [5.74, 6) is -5.94. The molecule has 1 aromatic carbocycles. The van der Waals surface area contributed by atoms with Gasteiger partial charge < -0.3 is 35.5 Å². The Hall–Kier alpha value is -3.18. The van der Waals surface area contributed by atoms with E-state index in [4.69, 9.17) is 0 Å². The van der Waals surface area contributed by atoms with E-state index in [0.29, 0.717) is 12.1 Å². The highest BCUT2D eigenvalue weighted by atomic mass is 19.1. The number of halogens is 1. The molecule has 5 N–H and O–H groups in total. The Balaban J connectivity index is 1.62. The van der Waals surface area contributed by atoms with Gasteiger partial charge in [0, 0.05) is 31.1 Å². The topological polar surface area (TPSA) is 151 Å². The average molecular weight is 451 g/mol. The Kier molecular flexibility index (Phi) is 6.42. The number of benzene rings is 1. The lowest BCUT2D eigenvalue weighted by Gasteiger charge is -2.46. The molecule has 0 aliphatic carbocycles. The maximum absolute atomic E-state index is 13.5. The van der Waals surface area contributed by atoms with E-state index in [1.807, 2.05) is 6.92 Å². The number of carboxylic acids is 1. The minimum absolute atomic E-state index is 0.0599. The number of β-lactam (4-membered cyclic amide) rings is 1. The van der Waals surface area contributed by atoms with Crippen LogP contribution in [0.3, 0.4) is 0 Å². The lowest BCUT2D eigenvalue weighted by molar-refractivity contribution is -0.163. The number of phenols is 2. The lowest BCUT2D eigenvalue weighted by Crippen LogP contribution is -2.63. The molecule has 0 bridgehead atoms. The summed E-state index contributed by atoms with van der Waals surface area (Å²) in [5.41, 5.74) is 0.349. The molecule has 0 radical (unpaired) electrons. The van der Waals surface area contributed by atoms with Gasteiger partial charge in [-0.15, -0.1) is 0 Å². The van der Waals surface area contributed by atoms with Gasteiger partial charge in [-0.1, -0.05) is 6.92 Å². The first kappa shape index (κ1) is 23.5. The number of aliphatic carboxylic acids is 1. The van der Waals surface area contributed by atoms with Gasteiger partial charge in [0.25, 0.3) is 5.91 Å². The van der Waals surface area contributed by atoms with Crippen LogP contribution in [0.25, 0.3) is 0 Å². The second-order valence-corrected chi connectivity index (χ2v) is 8.25. The van der Waals surface area contributed by atoms with Crippen LogP contribution < -0.4 is 5.32 Å². The van der Waals surface area contributed by atoms with Crippen LogP contribution in [0.5, 0.6) is 11.5 Å². The minimum atomic E-state index is -1.21. The fourth-order valence-electron chi connectivity index (χ4n) is 4.40. The Morgan fingerprint density at radius 1 is 1.31 bits per heavy atom. The fraction of sp³-hybridized carbons (Fsp3) is 0.476. The van der Waals surface area contributed by atoms with Gasteiger partial charge in [0.15, 0.2) is 17.3 Å². The highest BCUT2D eigenvalue weighted by molar-refractivity contribution is 6.00. The van der Waals surface area contributed by atoms with E-state index in [1.165, 1.54) is 11.8 Å². The van der Waals surface area contributed by atoms with E-state index in [0.717, 1.165) is 12.1 Å². The molecule has 174 valence electrons. The molecule has 0 aromatic heterocycles. The number of nitrogens with one attached hydrogen (secondary N) is 1. The second-order valence-electron chi connectivity index (χ2n) is 8.25. The summed E-state index contributed by atoms with van der Waals surface area (Å²) in [4.78, 5) is 39.4. The third-order valence-corrected chi connectivity index (χ3v) is 6.04. The number of likely N-dealkylation sites (N-methyl/N-ethyl adjacent to an activating group) is 1. The van der Waals surface area contributed by atoms with E-state index in [2.05, 4.69) is 5.32 Å². The monoisotopic (exact) mass is 451 g/mol. The molecule has 2 aliphatic rings. The van der Waals surface area contributed by atoms with Gasteiger partial charge in [0.2, 0.25) is 5.91 Å². The number of aliphatic hydroxyl groups is 1. The van der Waals surface area contributed by atoms with E-state index in [-0.39, 0.29) is 30.3 Å². The van der Waals surface area contributed by atoms with Crippen LogP contribution in [0.4, 0.5) is 4.39 Å². The van der Waals surface area contributed by atoms with Gasteiger partial charge in [-0.05, 0) is 31.7 Å². The molecule has 32 heavy (non-hydrogen) atoms. The van der Waals surface area contributed by atoms with Crippen molar-refractivity contribution >= 4 is 17.8 Å². The van der Waals surface area contributed by atoms with Crippen molar-refractivity contribution in [1.29, 1.82) is 0 Å². The van der Waals surface area contributed by atoms with Crippen LogP contribution in [0.15, 0.2) is 23.4 Å². The van der Waals surface area contributed by atoms with Crippen molar-refractivity contribution in [3.05, 3.63) is 34.8 Å². The Morgan fingerprint density at radius 3 is 2.53 bits per heavy atom. The standard InChI is InChI=1S/C21H26FN3O7/c1-9-12(17(21(31)32)25-16(9)15(10(2)26)20(25)30)8-24(3)5-4-23-19(29)11-6-13(22)18(28)14(27)7-11/h6-7,9-10,15-16,26-28H,4-5,8H2,1-3H3,(H,23,29)(H,31,32)/t9-,10+,15+,16?/m0/s1. The van der Waals surface area contributed by atoms with Crippen molar-refractivity contribution in [3.8, 4) is 11.5 Å². The van der Waals surface area contributed by atoms with Crippen LogP contribution in [0.1, 0.15) is 24.2 Å². The van der Waals surface area contributed by atoms with E-state index < -0.39 is 53.2 Å². The maximum atomic E-state index is 13.5. The van der Waals surface area contributed by atoms with Gasteiger partial charge in [0.05, 0.1) is 18.1 Å². The number of aromatic hydroxyl groups is 2. The summed E-state index contributed by atoms with van der Waals surface area (Å²) in [7, 11) is 1.72. The molecule has 4 atom stereocenters. The predicted molar refractivity (Wildman–Crippen MR) is 109 cm³/mol. The third kappa shape index (κ3) is 4.00. The number of rotatable bonds is 8. The van der Waals surface area contributed by atoms with Crippen molar-refractivity contribution in [1.82, 2.24) is 15.1 Å². The Bertz CT molecular complexity index is 971. The summed E-state index contributed by atoms with van der Waals surface area (Å²) in [6, 6.07) is 1.35. The molecular formula is C21H26FN3O7. The Morgan fingerprint density at radius 2 is 1.97 bits per heavy atom. The summed E-state index contributed by atoms with van der Waals surface area (Å²) < 4.78 is 13.5. The molecule has 2 aliphatic heterocycles. The number of carboxylic acid groups (broad SMARTS) is 1. The number of carbonyl (C=O) groups excluding carboxylic acids is 2. The molecule has 2 heterocycles. The van der Waals surface area contributed by atoms with Crippen LogP contribution in [0, 0.1) is 17.7 Å². The number of aliphatic hydroxyl groups excluding tert-OH is 1. The van der Waals surface area contributed by atoms with Crippen LogP contribution in [-0.2, 0) is 9.59 Å². The molecule has 10 nitrogen and oxygen atoms in total. The molecule has 11 heteroatoms. The van der Waals surface area contributed by atoms with E-state index >= 15 is 0 Å². The SMILES string of the molecule is C[C@H]1C(CN(C)CCNC(=O)c2cc(O)c(O)c(F)c2)=C(C(=O)O)N2C(=O)[C@H]([C@@H](C)O)C12. The largest absolute Gasteiger partial charge is 0.504 e. The van der Waals surface area contributed by atoms with Crippen molar-refractivity contribution in [2.24, 2.45) is 11.8 Å². The quantitative estimate of drug-likeness (QED) is 0.276. The summed E-state index contributed by atoms with van der Waals surface area (Å²) in [6.07, 6.45) is -0.877. The number of hydrogen-bond acceptors (Lipinski definition) is 7. The van der Waals surface area contributed by atoms with Crippen molar-refractivity contribution < 1.29 is 39.2 Å². The molecule has 1 aromatic rings. The average Bonchev–Trinajstić information content (AvgIpc) is 2.94. The fourth-order valence-corrected chi connectivity index (χ4v) is 4.40. The molecular weight excluding hydrogens is 425 g/mol. The normalized spacial score (nSPS) is 23.2. The molecule has 3 rings (SSSR count). The first-order valence-corrected chi connectivity index (χ1v) is 10.1. The van der Waals surface area contributed by atoms with Gasteiger partial charge in [0.1, 0.15) is 5.70 Å². The summed E-state index contributed by atoms with van der Waals surface area (Å²) in [6.45, 7) is 4.04. The van der Waals surface area contributed by atoms with Gasteiger partial charge >= 0.3 is 5.97 Å². The van der Waals surface area contributed by atoms with E-state index in [1.54, 1.807) is 11.9 Å². The van der Waals surface area contributed by atoms with Crippen LogP contribution >= 0.6 is 0 Å². The number of amides is 2. The second kappa shape index (κ2) is 8.75. The first-order valence-electron chi connectivity index (χ1n) is 10.1. The predicted octanol–water partition coefficient (Wildman–Crippen LogP) is 0.0947. The van der Waals surface area contributed by atoms with E-state index in [9.17, 15) is 39.2 Å². The van der Waals surface area contributed by atoms with Crippen LogP contribution in [-0.4, -0.2) is 86.8 Å². The molecule has 0 saturated carbocycles. The first-order chi connectivity index (χ1) is 15.0.